The van der Waals surface area contributed by atoms with Crippen molar-refractivity contribution in [1.82, 2.24) is 15.0 Å². The molecule has 1 N–H and O–H groups in total. The Hall–Kier alpha value is -4.56. The Morgan fingerprint density at radius 2 is 1.72 bits per heavy atom. The van der Waals surface area contributed by atoms with Gasteiger partial charge in [-0.25, -0.2) is 14.8 Å². The third-order valence-electron chi connectivity index (χ3n) is 7.98. The van der Waals surface area contributed by atoms with Gasteiger partial charge in [0.05, 0.1) is 17.7 Å². The second-order valence-corrected chi connectivity index (χ2v) is 12.3. The number of aromatic nitrogens is 3. The lowest BCUT2D eigenvalue weighted by Crippen LogP contribution is -2.28. The highest BCUT2D eigenvalue weighted by Crippen LogP contribution is 2.46. The van der Waals surface area contributed by atoms with Crippen molar-refractivity contribution in [3.05, 3.63) is 77.2 Å². The van der Waals surface area contributed by atoms with Gasteiger partial charge in [-0.15, -0.1) is 0 Å². The topological polar surface area (TPSA) is 97.7 Å². The van der Waals surface area contributed by atoms with E-state index in [4.69, 9.17) is 14.5 Å². The van der Waals surface area contributed by atoms with Crippen molar-refractivity contribution in [1.29, 1.82) is 0 Å². The standard InChI is InChI=1S/C35H36N4O4/c1-19-16-26-20(2)23(22-17-37-34(38-18-22)39(6)7)8-9-24(26)30(28(19)32(33(40)41)43-35(3,4)5)25-10-11-27-29-21(13-15-42-27)12-14-36-31(25)29/h8-12,14,16-18,32H,13,15H2,1-7H3,(H,40,41)/t32-/m0/s1. The number of anilines is 1. The molecule has 0 saturated heterocycles. The molecule has 5 aromatic rings. The molecule has 1 aliphatic rings. The highest BCUT2D eigenvalue weighted by Gasteiger charge is 2.33. The number of carboxylic acid groups (broad SMARTS) is 1. The van der Waals surface area contributed by atoms with Crippen LogP contribution in [0, 0.1) is 13.8 Å². The van der Waals surface area contributed by atoms with E-state index in [2.05, 4.69) is 35.1 Å². The van der Waals surface area contributed by atoms with Crippen LogP contribution in [0.1, 0.15) is 49.1 Å². The van der Waals surface area contributed by atoms with Crippen molar-refractivity contribution >= 4 is 33.6 Å². The average molecular weight is 577 g/mol. The van der Waals surface area contributed by atoms with Crippen LogP contribution < -0.4 is 9.64 Å². The van der Waals surface area contributed by atoms with Crippen LogP contribution in [-0.4, -0.2) is 52.3 Å². The number of carboxylic acids is 1. The molecule has 0 radical (unpaired) electrons. The smallest absolute Gasteiger partial charge is 0.337 e. The quantitative estimate of drug-likeness (QED) is 0.229. The molecule has 0 spiro atoms. The predicted molar refractivity (Wildman–Crippen MR) is 170 cm³/mol. The largest absolute Gasteiger partial charge is 0.493 e. The molecule has 1 aliphatic heterocycles. The number of fused-ring (bicyclic) bond motifs is 1. The number of pyridine rings is 1. The maximum Gasteiger partial charge on any atom is 0.337 e. The zero-order valence-corrected chi connectivity index (χ0v) is 25.6. The number of aliphatic carboxylic acids is 1. The van der Waals surface area contributed by atoms with Crippen LogP contribution in [0.4, 0.5) is 5.95 Å². The van der Waals surface area contributed by atoms with Crippen molar-refractivity contribution in [3.63, 3.8) is 0 Å². The van der Waals surface area contributed by atoms with Crippen LogP contribution in [0.25, 0.3) is 43.9 Å². The third-order valence-corrected chi connectivity index (χ3v) is 7.98. The molecule has 0 amide bonds. The second-order valence-electron chi connectivity index (χ2n) is 12.3. The fourth-order valence-corrected chi connectivity index (χ4v) is 6.09. The molecule has 1 atom stereocenters. The highest BCUT2D eigenvalue weighted by atomic mass is 16.5. The van der Waals surface area contributed by atoms with Crippen molar-refractivity contribution in [2.75, 3.05) is 25.6 Å². The average Bonchev–Trinajstić information content (AvgIpc) is 2.96. The van der Waals surface area contributed by atoms with Crippen LogP contribution in [-0.2, 0) is 16.0 Å². The summed E-state index contributed by atoms with van der Waals surface area (Å²) in [5, 5.41) is 13.5. The molecule has 8 heteroatoms. The summed E-state index contributed by atoms with van der Waals surface area (Å²) in [6.07, 6.45) is 5.11. The summed E-state index contributed by atoms with van der Waals surface area (Å²) in [5.74, 6) is 0.402. The molecule has 6 rings (SSSR count). The first-order valence-electron chi connectivity index (χ1n) is 14.5. The van der Waals surface area contributed by atoms with E-state index in [-0.39, 0.29) is 0 Å². The number of benzene rings is 3. The van der Waals surface area contributed by atoms with E-state index < -0.39 is 17.7 Å². The Kier molecular flexibility index (Phi) is 7.05. The summed E-state index contributed by atoms with van der Waals surface area (Å²) in [6.45, 7) is 10.3. The van der Waals surface area contributed by atoms with E-state index in [1.807, 2.05) is 83.5 Å². The number of carbonyl (C=O) groups is 1. The van der Waals surface area contributed by atoms with Crippen LogP contribution >= 0.6 is 0 Å². The van der Waals surface area contributed by atoms with E-state index in [0.717, 1.165) is 67.2 Å². The second kappa shape index (κ2) is 10.6. The van der Waals surface area contributed by atoms with Gasteiger partial charge < -0.3 is 19.5 Å². The molecule has 43 heavy (non-hydrogen) atoms. The van der Waals surface area contributed by atoms with Crippen LogP contribution in [0.3, 0.4) is 0 Å². The highest BCUT2D eigenvalue weighted by molar-refractivity contribution is 6.10. The van der Waals surface area contributed by atoms with Gasteiger partial charge in [-0.1, -0.05) is 18.2 Å². The van der Waals surface area contributed by atoms with Gasteiger partial charge in [-0.2, -0.15) is 0 Å². The Labute approximate surface area is 251 Å². The maximum atomic E-state index is 12.9. The lowest BCUT2D eigenvalue weighted by molar-refractivity contribution is -0.160. The number of hydrogen-bond donors (Lipinski definition) is 1. The Morgan fingerprint density at radius 1 is 1.00 bits per heavy atom. The van der Waals surface area contributed by atoms with Crippen molar-refractivity contribution in [3.8, 4) is 28.0 Å². The SMILES string of the molecule is Cc1cc2c(C)c(-c3cnc(N(C)C)nc3)ccc2c(-c2ccc3c4c(ccnc24)CCO3)c1[C@H](OC(C)(C)C)C(=O)O. The van der Waals surface area contributed by atoms with Gasteiger partial charge in [0.2, 0.25) is 5.95 Å². The molecule has 2 aromatic heterocycles. The minimum atomic E-state index is -1.19. The zero-order valence-electron chi connectivity index (χ0n) is 25.6. The summed E-state index contributed by atoms with van der Waals surface area (Å²) in [7, 11) is 3.82. The molecule has 0 unspecified atom stereocenters. The molecule has 3 heterocycles. The van der Waals surface area contributed by atoms with Gasteiger partial charge in [0, 0.05) is 61.2 Å². The molecular weight excluding hydrogens is 540 g/mol. The molecule has 8 nitrogen and oxygen atoms in total. The Balaban J connectivity index is 1.68. The van der Waals surface area contributed by atoms with E-state index >= 15 is 0 Å². The van der Waals surface area contributed by atoms with Gasteiger partial charge in [-0.3, -0.25) is 4.98 Å². The first kappa shape index (κ1) is 28.6. The fraction of sp³-hybridized carbons (Fsp3) is 0.314. The summed E-state index contributed by atoms with van der Waals surface area (Å²) in [6, 6.07) is 12.2. The number of rotatable bonds is 6. The summed E-state index contributed by atoms with van der Waals surface area (Å²) in [4.78, 5) is 28.6. The lowest BCUT2D eigenvalue weighted by Gasteiger charge is -2.29. The molecule has 0 saturated carbocycles. The lowest BCUT2D eigenvalue weighted by atomic mass is 9.83. The number of nitrogens with zero attached hydrogens (tertiary/aromatic N) is 4. The van der Waals surface area contributed by atoms with E-state index in [1.165, 1.54) is 5.56 Å². The molecule has 0 bridgehead atoms. The van der Waals surface area contributed by atoms with Crippen LogP contribution in [0.15, 0.2) is 55.0 Å². The summed E-state index contributed by atoms with van der Waals surface area (Å²) in [5.41, 5.74) is 7.36. The van der Waals surface area contributed by atoms with E-state index in [9.17, 15) is 9.90 Å². The van der Waals surface area contributed by atoms with Crippen molar-refractivity contribution in [2.45, 2.75) is 52.7 Å². The van der Waals surface area contributed by atoms with Gasteiger partial charge in [-0.05, 0) is 91.4 Å². The van der Waals surface area contributed by atoms with Gasteiger partial charge >= 0.3 is 5.97 Å². The Morgan fingerprint density at radius 3 is 2.40 bits per heavy atom. The van der Waals surface area contributed by atoms with E-state index in [0.29, 0.717) is 18.1 Å². The van der Waals surface area contributed by atoms with Crippen molar-refractivity contribution < 1.29 is 19.4 Å². The molecule has 3 aromatic carbocycles. The molecular formula is C35H36N4O4. The minimum Gasteiger partial charge on any atom is -0.493 e. The number of aryl methyl sites for hydroxylation is 2. The third kappa shape index (κ3) is 5.06. The summed E-state index contributed by atoms with van der Waals surface area (Å²) >= 11 is 0. The van der Waals surface area contributed by atoms with Crippen LogP contribution in [0.2, 0.25) is 0 Å². The Bertz CT molecular complexity index is 1880. The number of ether oxygens (including phenoxy) is 2. The number of hydrogen-bond acceptors (Lipinski definition) is 7. The predicted octanol–water partition coefficient (Wildman–Crippen LogP) is 7.07. The normalized spacial score (nSPS) is 13.7. The fourth-order valence-electron chi connectivity index (χ4n) is 6.09. The molecule has 0 fully saturated rings. The molecule has 0 aliphatic carbocycles. The maximum absolute atomic E-state index is 12.9. The monoisotopic (exact) mass is 576 g/mol. The minimum absolute atomic E-state index is 0.617. The van der Waals surface area contributed by atoms with Gasteiger partial charge in [0.25, 0.3) is 0 Å². The first-order valence-corrected chi connectivity index (χ1v) is 14.5. The van der Waals surface area contributed by atoms with Gasteiger partial charge in [0.1, 0.15) is 5.75 Å². The van der Waals surface area contributed by atoms with Gasteiger partial charge in [0.15, 0.2) is 6.10 Å². The zero-order chi connectivity index (χ0) is 30.6. The van der Waals surface area contributed by atoms with Crippen LogP contribution in [0.5, 0.6) is 5.75 Å². The molecule has 220 valence electrons. The van der Waals surface area contributed by atoms with E-state index in [1.54, 1.807) is 0 Å². The summed E-state index contributed by atoms with van der Waals surface area (Å²) < 4.78 is 12.3. The first-order chi connectivity index (χ1) is 20.4. The van der Waals surface area contributed by atoms with Crippen molar-refractivity contribution in [2.24, 2.45) is 0 Å².